The number of hydrogen-bond acceptors (Lipinski definition) is 7. The minimum absolute atomic E-state index is 0.138. The molecule has 7 rings (SSSR count). The molecule has 3 aromatic carbocycles. The Balaban J connectivity index is 1.57. The van der Waals surface area contributed by atoms with Crippen LogP contribution in [0.3, 0.4) is 0 Å². The van der Waals surface area contributed by atoms with E-state index in [2.05, 4.69) is 0 Å². The highest BCUT2D eigenvalue weighted by Gasteiger charge is 2.72. The Labute approximate surface area is 235 Å². The number of benzene rings is 3. The third-order valence-electron chi connectivity index (χ3n) is 8.52. The van der Waals surface area contributed by atoms with Gasteiger partial charge in [-0.05, 0) is 29.1 Å². The van der Waals surface area contributed by atoms with Gasteiger partial charge in [0.05, 0.1) is 25.1 Å². The van der Waals surface area contributed by atoms with Crippen molar-refractivity contribution in [1.29, 1.82) is 0 Å². The maximum Gasteiger partial charge on any atom is 0.195 e. The summed E-state index contributed by atoms with van der Waals surface area (Å²) in [5.41, 5.74) is 1.56. The highest BCUT2D eigenvalue weighted by Crippen LogP contribution is 2.62. The van der Waals surface area contributed by atoms with Crippen LogP contribution in [0.1, 0.15) is 47.4 Å². The lowest BCUT2D eigenvalue weighted by atomic mass is 9.64. The van der Waals surface area contributed by atoms with Crippen LogP contribution in [0.5, 0.6) is 11.5 Å². The maximum atomic E-state index is 14.7. The lowest BCUT2D eigenvalue weighted by Gasteiger charge is -2.37. The minimum atomic E-state index is -1.58. The lowest BCUT2D eigenvalue weighted by molar-refractivity contribution is 0.0665. The summed E-state index contributed by atoms with van der Waals surface area (Å²) in [5.74, 6) is -0.476. The van der Waals surface area contributed by atoms with Crippen molar-refractivity contribution in [3.63, 3.8) is 0 Å². The number of nitrogens with zero attached hydrogens (tertiary/aromatic N) is 1. The standard InChI is InChI=1S/C33H25NO5S/c1-38-20-14-15-23(25(18-20)39-2)28-29(30(35)26-12-7-17-40-26)34-24-11-6-3-8-19(24)13-16-27(34)33(28)31(36)21-9-4-5-10-22(21)32(33)37/h3-18,27-29H,1-2H3/t27-,28-,29+/m0/s1. The Morgan fingerprint density at radius 1 is 0.875 bits per heavy atom. The molecule has 198 valence electrons. The number of hydrogen-bond donors (Lipinski definition) is 0. The van der Waals surface area contributed by atoms with Crippen molar-refractivity contribution in [2.45, 2.75) is 18.0 Å². The molecule has 7 heteroatoms. The number of thiophene rings is 1. The first-order valence-electron chi connectivity index (χ1n) is 13.1. The largest absolute Gasteiger partial charge is 0.497 e. The Morgan fingerprint density at radius 2 is 1.60 bits per heavy atom. The van der Waals surface area contributed by atoms with E-state index in [4.69, 9.17) is 9.47 Å². The van der Waals surface area contributed by atoms with Crippen molar-refractivity contribution >= 4 is 40.4 Å². The van der Waals surface area contributed by atoms with Gasteiger partial charge in [-0.2, -0.15) is 0 Å². The number of methoxy groups -OCH3 is 2. The van der Waals surface area contributed by atoms with Crippen molar-refractivity contribution in [2.24, 2.45) is 5.41 Å². The lowest BCUT2D eigenvalue weighted by Crippen LogP contribution is -2.48. The number of rotatable bonds is 5. The molecule has 4 aromatic rings. The summed E-state index contributed by atoms with van der Waals surface area (Å²) in [5, 5.41) is 1.87. The fraction of sp³-hybridized carbons (Fsp3) is 0.182. The Morgan fingerprint density at radius 3 is 2.27 bits per heavy atom. The van der Waals surface area contributed by atoms with Crippen molar-refractivity contribution in [3.8, 4) is 11.5 Å². The van der Waals surface area contributed by atoms with Crippen LogP contribution in [0.4, 0.5) is 5.69 Å². The molecule has 3 aliphatic rings. The molecule has 40 heavy (non-hydrogen) atoms. The zero-order chi connectivity index (χ0) is 27.6. The van der Waals surface area contributed by atoms with Crippen LogP contribution < -0.4 is 14.4 Å². The van der Waals surface area contributed by atoms with Gasteiger partial charge in [-0.15, -0.1) is 11.3 Å². The van der Waals surface area contributed by atoms with E-state index in [1.807, 2.05) is 58.8 Å². The number of Topliss-reactive ketones (excluding diaryl/α,β-unsaturated/α-hetero) is 3. The van der Waals surface area contributed by atoms with Gasteiger partial charge in [0.15, 0.2) is 17.3 Å². The van der Waals surface area contributed by atoms with Gasteiger partial charge in [0.2, 0.25) is 0 Å². The third kappa shape index (κ3) is 3.12. The molecule has 1 saturated heterocycles. The Hall–Kier alpha value is -4.49. The molecule has 1 aliphatic carbocycles. The number of carbonyl (C=O) groups excluding carboxylic acids is 3. The second-order valence-electron chi connectivity index (χ2n) is 10.2. The normalized spacial score (nSPS) is 21.8. The topological polar surface area (TPSA) is 72.9 Å². The molecular formula is C33H25NO5S. The maximum absolute atomic E-state index is 14.7. The van der Waals surface area contributed by atoms with Gasteiger partial charge in [0.1, 0.15) is 23.0 Å². The van der Waals surface area contributed by atoms with E-state index in [1.165, 1.54) is 11.3 Å². The van der Waals surface area contributed by atoms with Crippen LogP contribution in [0.2, 0.25) is 0 Å². The van der Waals surface area contributed by atoms with Crippen LogP contribution >= 0.6 is 11.3 Å². The number of fused-ring (bicyclic) bond motifs is 5. The molecule has 6 nitrogen and oxygen atoms in total. The molecule has 1 fully saturated rings. The van der Waals surface area contributed by atoms with Crippen molar-refractivity contribution in [3.05, 3.63) is 117 Å². The first-order valence-corrected chi connectivity index (χ1v) is 13.9. The number of para-hydroxylation sites is 1. The Bertz CT molecular complexity index is 1690. The van der Waals surface area contributed by atoms with Crippen LogP contribution in [-0.2, 0) is 0 Å². The fourth-order valence-electron chi connectivity index (χ4n) is 6.90. The van der Waals surface area contributed by atoms with E-state index in [0.29, 0.717) is 33.1 Å². The van der Waals surface area contributed by atoms with E-state index in [9.17, 15) is 14.4 Å². The van der Waals surface area contributed by atoms with E-state index in [0.717, 1.165) is 11.3 Å². The molecule has 1 aromatic heterocycles. The predicted molar refractivity (Wildman–Crippen MR) is 154 cm³/mol. The van der Waals surface area contributed by atoms with Gasteiger partial charge in [-0.1, -0.05) is 66.7 Å². The first-order chi connectivity index (χ1) is 19.5. The quantitative estimate of drug-likeness (QED) is 0.223. The first kappa shape index (κ1) is 24.5. The summed E-state index contributed by atoms with van der Waals surface area (Å²) in [6.45, 7) is 0. The molecule has 0 amide bonds. The summed E-state index contributed by atoms with van der Waals surface area (Å²) in [4.78, 5) is 46.5. The zero-order valence-corrected chi connectivity index (χ0v) is 22.7. The second-order valence-corrected chi connectivity index (χ2v) is 11.2. The molecule has 0 unspecified atom stereocenters. The number of ether oxygens (including phenoxy) is 2. The molecule has 3 heterocycles. The fourth-order valence-corrected chi connectivity index (χ4v) is 7.60. The third-order valence-corrected chi connectivity index (χ3v) is 9.41. The van der Waals surface area contributed by atoms with Crippen molar-refractivity contribution in [2.75, 3.05) is 19.1 Å². The SMILES string of the molecule is COc1ccc([C@H]2[C@H](C(=O)c3cccs3)N3c4ccccc4C=C[C@H]3C23C(=O)c2ccccc2C3=O)c(OC)c1. The molecule has 0 N–H and O–H groups in total. The Kier molecular flexibility index (Phi) is 5.54. The van der Waals surface area contributed by atoms with Gasteiger partial charge in [-0.25, -0.2) is 0 Å². The molecule has 0 saturated carbocycles. The van der Waals surface area contributed by atoms with Crippen molar-refractivity contribution < 1.29 is 23.9 Å². The number of ketones is 3. The molecule has 0 bridgehead atoms. The zero-order valence-electron chi connectivity index (χ0n) is 21.9. The van der Waals surface area contributed by atoms with E-state index < -0.39 is 23.4 Å². The van der Waals surface area contributed by atoms with Crippen LogP contribution in [0.25, 0.3) is 6.08 Å². The van der Waals surface area contributed by atoms with Gasteiger partial charge in [0.25, 0.3) is 0 Å². The summed E-state index contributed by atoms with van der Waals surface area (Å²) < 4.78 is 11.3. The van der Waals surface area contributed by atoms with E-state index in [-0.39, 0.29) is 17.3 Å². The summed E-state index contributed by atoms with van der Waals surface area (Å²) in [6.07, 6.45) is 3.89. The van der Waals surface area contributed by atoms with Gasteiger partial charge in [-0.3, -0.25) is 14.4 Å². The van der Waals surface area contributed by atoms with Gasteiger partial charge >= 0.3 is 0 Å². The average molecular weight is 548 g/mol. The summed E-state index contributed by atoms with van der Waals surface area (Å²) in [6, 6.07) is 22.3. The second kappa shape index (κ2) is 9.03. The van der Waals surface area contributed by atoms with Crippen LogP contribution in [-0.4, -0.2) is 43.7 Å². The van der Waals surface area contributed by atoms with Crippen LogP contribution in [0, 0.1) is 5.41 Å². The summed E-state index contributed by atoms with van der Waals surface area (Å²) >= 11 is 1.36. The predicted octanol–water partition coefficient (Wildman–Crippen LogP) is 6.08. The minimum Gasteiger partial charge on any atom is -0.497 e. The van der Waals surface area contributed by atoms with E-state index in [1.54, 1.807) is 56.7 Å². The van der Waals surface area contributed by atoms with E-state index >= 15 is 0 Å². The molecule has 2 aliphatic heterocycles. The molecular weight excluding hydrogens is 522 g/mol. The number of anilines is 1. The monoisotopic (exact) mass is 547 g/mol. The number of carbonyl (C=O) groups is 3. The molecule has 1 spiro atoms. The van der Waals surface area contributed by atoms with Crippen LogP contribution in [0.15, 0.2) is 90.3 Å². The van der Waals surface area contributed by atoms with Gasteiger partial charge in [0, 0.05) is 34.4 Å². The smallest absolute Gasteiger partial charge is 0.195 e. The highest BCUT2D eigenvalue weighted by molar-refractivity contribution is 7.12. The average Bonchev–Trinajstić information content (AvgIpc) is 3.70. The molecule has 0 radical (unpaired) electrons. The van der Waals surface area contributed by atoms with Gasteiger partial charge < -0.3 is 14.4 Å². The summed E-state index contributed by atoms with van der Waals surface area (Å²) in [7, 11) is 3.11. The van der Waals surface area contributed by atoms with Crippen molar-refractivity contribution in [1.82, 2.24) is 0 Å². The molecule has 3 atom stereocenters. The highest BCUT2D eigenvalue weighted by atomic mass is 32.1.